The molecule has 24 heavy (non-hydrogen) atoms. The van der Waals surface area contributed by atoms with Gasteiger partial charge in [-0.25, -0.2) is 9.87 Å². The average Bonchev–Trinajstić information content (AvgIpc) is 2.49. The second kappa shape index (κ2) is 9.53. The smallest absolute Gasteiger partial charge is 0.273 e. The maximum absolute atomic E-state index is 14.3. The van der Waals surface area contributed by atoms with Crippen molar-refractivity contribution in [3.8, 4) is 0 Å². The Morgan fingerprint density at radius 3 is 2.04 bits per heavy atom. The number of carbonyl (C=O) groups is 3. The zero-order chi connectivity index (χ0) is 19.1. The van der Waals surface area contributed by atoms with Crippen LogP contribution in [0.3, 0.4) is 0 Å². The third kappa shape index (κ3) is 6.40. The van der Waals surface area contributed by atoms with Crippen LogP contribution in [0, 0.1) is 11.8 Å². The first-order chi connectivity index (χ1) is 11.0. The molecule has 0 saturated carbocycles. The van der Waals surface area contributed by atoms with Gasteiger partial charge < -0.3 is 15.4 Å². The SMILES string of the molecule is CNC(=O)C(NC(=O)[C@H](CC(C)C)[C@H](OC)C(=O)NO)C(C)(C)F. The second-order valence-electron chi connectivity index (χ2n) is 6.49. The summed E-state index contributed by atoms with van der Waals surface area (Å²) in [5.74, 6) is -3.29. The lowest BCUT2D eigenvalue weighted by Gasteiger charge is -2.30. The van der Waals surface area contributed by atoms with Crippen LogP contribution in [-0.2, 0) is 19.1 Å². The molecule has 9 heteroatoms. The van der Waals surface area contributed by atoms with E-state index in [0.717, 1.165) is 0 Å². The van der Waals surface area contributed by atoms with Crippen LogP contribution in [0.1, 0.15) is 34.1 Å². The van der Waals surface area contributed by atoms with E-state index >= 15 is 0 Å². The fourth-order valence-electron chi connectivity index (χ4n) is 2.34. The number of nitrogens with one attached hydrogen (secondary N) is 3. The molecule has 0 heterocycles. The van der Waals surface area contributed by atoms with Crippen molar-refractivity contribution in [2.24, 2.45) is 11.8 Å². The van der Waals surface area contributed by atoms with Crippen molar-refractivity contribution < 1.29 is 28.7 Å². The molecule has 0 radical (unpaired) electrons. The molecular formula is C15H28FN3O5. The van der Waals surface area contributed by atoms with E-state index in [1.165, 1.54) is 33.5 Å². The third-order valence-corrected chi connectivity index (χ3v) is 3.53. The van der Waals surface area contributed by atoms with Crippen LogP contribution in [0.25, 0.3) is 0 Å². The molecule has 0 aromatic rings. The second-order valence-corrected chi connectivity index (χ2v) is 6.49. The predicted octanol–water partition coefficient (Wildman–Crippen LogP) is 0.148. The Bertz CT molecular complexity index is 451. The highest BCUT2D eigenvalue weighted by atomic mass is 19.1. The average molecular weight is 349 g/mol. The summed E-state index contributed by atoms with van der Waals surface area (Å²) in [6.45, 7) is 6.00. The molecule has 0 aromatic carbocycles. The minimum atomic E-state index is -2.01. The molecule has 0 rings (SSSR count). The lowest BCUT2D eigenvalue weighted by Crippen LogP contribution is -2.58. The van der Waals surface area contributed by atoms with Gasteiger partial charge in [-0.2, -0.15) is 0 Å². The topological polar surface area (TPSA) is 117 Å². The number of halogens is 1. The molecule has 8 nitrogen and oxygen atoms in total. The van der Waals surface area contributed by atoms with Crippen molar-refractivity contribution in [2.45, 2.75) is 51.9 Å². The molecular weight excluding hydrogens is 321 g/mol. The van der Waals surface area contributed by atoms with E-state index in [-0.39, 0.29) is 12.3 Å². The van der Waals surface area contributed by atoms with Crippen LogP contribution in [0.2, 0.25) is 0 Å². The summed E-state index contributed by atoms with van der Waals surface area (Å²) in [7, 11) is 2.55. The number of hydroxylamine groups is 1. The standard InChI is InChI=1S/C15H28FN3O5/c1-8(2)7-9(10(24-6)13(21)19-23)12(20)18-11(14(22)17-5)15(3,4)16/h8-11,23H,7H2,1-6H3,(H,17,22)(H,18,20)(H,19,21)/t9-,10+,11?/m1/s1. The fraction of sp³-hybridized carbons (Fsp3) is 0.800. The van der Waals surface area contributed by atoms with Gasteiger partial charge in [0.1, 0.15) is 17.8 Å². The number of rotatable bonds is 9. The summed E-state index contributed by atoms with van der Waals surface area (Å²) >= 11 is 0. The van der Waals surface area contributed by atoms with Gasteiger partial charge in [0.2, 0.25) is 11.8 Å². The van der Waals surface area contributed by atoms with E-state index in [1.54, 1.807) is 0 Å². The Labute approximate surface area is 141 Å². The van der Waals surface area contributed by atoms with Gasteiger partial charge in [-0.1, -0.05) is 13.8 Å². The van der Waals surface area contributed by atoms with Crippen LogP contribution in [0.4, 0.5) is 4.39 Å². The molecule has 0 saturated heterocycles. The third-order valence-electron chi connectivity index (χ3n) is 3.53. The quantitative estimate of drug-likeness (QED) is 0.349. The number of hydrogen-bond donors (Lipinski definition) is 4. The van der Waals surface area contributed by atoms with Crippen molar-refractivity contribution in [3.05, 3.63) is 0 Å². The first-order valence-electron chi connectivity index (χ1n) is 7.67. The molecule has 0 aromatic heterocycles. The molecule has 1 unspecified atom stereocenters. The van der Waals surface area contributed by atoms with Crippen LogP contribution >= 0.6 is 0 Å². The molecule has 3 amide bonds. The molecule has 0 fully saturated rings. The zero-order valence-electron chi connectivity index (χ0n) is 15.0. The van der Waals surface area contributed by atoms with Gasteiger partial charge in [0.15, 0.2) is 0 Å². The lowest BCUT2D eigenvalue weighted by molar-refractivity contribution is -0.150. The molecule has 140 valence electrons. The number of hydrogen-bond acceptors (Lipinski definition) is 5. The van der Waals surface area contributed by atoms with Crippen LogP contribution < -0.4 is 16.1 Å². The van der Waals surface area contributed by atoms with Gasteiger partial charge >= 0.3 is 0 Å². The van der Waals surface area contributed by atoms with Gasteiger partial charge in [0.05, 0.1) is 5.92 Å². The molecule has 0 bridgehead atoms. The van der Waals surface area contributed by atoms with Gasteiger partial charge in [0.25, 0.3) is 5.91 Å². The van der Waals surface area contributed by atoms with Crippen molar-refractivity contribution in [1.82, 2.24) is 16.1 Å². The lowest BCUT2D eigenvalue weighted by atomic mass is 9.89. The first-order valence-corrected chi connectivity index (χ1v) is 7.67. The Morgan fingerprint density at radius 1 is 1.17 bits per heavy atom. The maximum atomic E-state index is 14.3. The summed E-state index contributed by atoms with van der Waals surface area (Å²) in [4.78, 5) is 36.2. The van der Waals surface area contributed by atoms with E-state index in [1.807, 2.05) is 13.8 Å². The summed E-state index contributed by atoms with van der Waals surface area (Å²) < 4.78 is 19.3. The minimum absolute atomic E-state index is 0.0155. The summed E-state index contributed by atoms with van der Waals surface area (Å²) in [6, 6.07) is -1.43. The van der Waals surface area contributed by atoms with Gasteiger partial charge in [-0.05, 0) is 26.2 Å². The summed E-state index contributed by atoms with van der Waals surface area (Å²) in [6.07, 6.45) is -1.03. The van der Waals surface area contributed by atoms with Gasteiger partial charge in [0, 0.05) is 14.2 Å². The fourth-order valence-corrected chi connectivity index (χ4v) is 2.34. The number of carbonyl (C=O) groups excluding carboxylic acids is 3. The highest BCUT2D eigenvalue weighted by Gasteiger charge is 2.40. The maximum Gasteiger partial charge on any atom is 0.273 e. The minimum Gasteiger partial charge on any atom is -0.371 e. The number of ether oxygens (including phenoxy) is 1. The number of amides is 3. The van der Waals surface area contributed by atoms with Crippen LogP contribution in [-0.4, -0.2) is 54.9 Å². The molecule has 0 aliphatic rings. The monoisotopic (exact) mass is 349 g/mol. The highest BCUT2D eigenvalue weighted by molar-refractivity contribution is 5.92. The van der Waals surface area contributed by atoms with E-state index < -0.39 is 41.5 Å². The Balaban J connectivity index is 5.50. The Hall–Kier alpha value is -1.74. The predicted molar refractivity (Wildman–Crippen MR) is 84.9 cm³/mol. The number of alkyl halides is 1. The van der Waals surface area contributed by atoms with Crippen molar-refractivity contribution in [3.63, 3.8) is 0 Å². The number of methoxy groups -OCH3 is 1. The van der Waals surface area contributed by atoms with E-state index in [4.69, 9.17) is 9.94 Å². The highest BCUT2D eigenvalue weighted by Crippen LogP contribution is 2.21. The number of likely N-dealkylation sites (N-methyl/N-ethyl adjacent to an activating group) is 1. The molecule has 0 aliphatic heterocycles. The molecule has 4 N–H and O–H groups in total. The Kier molecular flexibility index (Phi) is 8.84. The van der Waals surface area contributed by atoms with Crippen LogP contribution in [0.15, 0.2) is 0 Å². The van der Waals surface area contributed by atoms with Gasteiger partial charge in [-0.3, -0.25) is 19.6 Å². The van der Waals surface area contributed by atoms with Crippen molar-refractivity contribution in [2.75, 3.05) is 14.2 Å². The molecule has 0 aliphatic carbocycles. The summed E-state index contributed by atoms with van der Waals surface area (Å²) in [5, 5.41) is 13.4. The molecule has 0 spiro atoms. The normalized spacial score (nSPS) is 15.4. The molecule has 3 atom stereocenters. The first kappa shape index (κ1) is 22.3. The largest absolute Gasteiger partial charge is 0.371 e. The van der Waals surface area contributed by atoms with E-state index in [9.17, 15) is 18.8 Å². The van der Waals surface area contributed by atoms with Crippen molar-refractivity contribution in [1.29, 1.82) is 0 Å². The summed E-state index contributed by atoms with van der Waals surface area (Å²) in [5.41, 5.74) is -0.569. The van der Waals surface area contributed by atoms with E-state index in [0.29, 0.717) is 0 Å². The van der Waals surface area contributed by atoms with Crippen molar-refractivity contribution >= 4 is 17.7 Å². The van der Waals surface area contributed by atoms with E-state index in [2.05, 4.69) is 10.6 Å². The Morgan fingerprint density at radius 2 is 1.71 bits per heavy atom. The van der Waals surface area contributed by atoms with Crippen LogP contribution in [0.5, 0.6) is 0 Å². The zero-order valence-corrected chi connectivity index (χ0v) is 15.0. The van der Waals surface area contributed by atoms with Gasteiger partial charge in [-0.15, -0.1) is 0 Å².